The summed E-state index contributed by atoms with van der Waals surface area (Å²) in [5, 5.41) is 1.46. The number of anilines is 1. The Morgan fingerprint density at radius 3 is 2.50 bits per heavy atom. The van der Waals surface area contributed by atoms with Crippen LogP contribution in [0.25, 0.3) is 0 Å². The van der Waals surface area contributed by atoms with Crippen LogP contribution in [-0.2, 0) is 4.79 Å². The Balaban J connectivity index is 1.90. The lowest BCUT2D eigenvalue weighted by molar-refractivity contribution is -0.133. The van der Waals surface area contributed by atoms with Crippen molar-refractivity contribution in [3.05, 3.63) is 63.6 Å². The number of aryl methyl sites for hydroxylation is 1. The molecular formula is C23H28Cl2N2O. The predicted octanol–water partition coefficient (Wildman–Crippen LogP) is 6.13. The monoisotopic (exact) mass is 418 g/mol. The van der Waals surface area contributed by atoms with E-state index in [0.29, 0.717) is 30.5 Å². The molecule has 28 heavy (non-hydrogen) atoms. The molecule has 0 radical (unpaired) electrons. The molecule has 150 valence electrons. The maximum Gasteiger partial charge on any atom is 0.222 e. The molecule has 1 heterocycles. The molecule has 1 fully saturated rings. The van der Waals surface area contributed by atoms with Crippen molar-refractivity contribution in [3.63, 3.8) is 0 Å². The van der Waals surface area contributed by atoms with Gasteiger partial charge in [-0.1, -0.05) is 61.7 Å². The van der Waals surface area contributed by atoms with Gasteiger partial charge in [0.2, 0.25) is 5.91 Å². The van der Waals surface area contributed by atoms with Crippen molar-refractivity contribution in [3.8, 4) is 0 Å². The zero-order valence-corrected chi connectivity index (χ0v) is 18.3. The van der Waals surface area contributed by atoms with Crippen LogP contribution >= 0.6 is 23.2 Å². The molecule has 0 N–H and O–H groups in total. The van der Waals surface area contributed by atoms with Gasteiger partial charge >= 0.3 is 0 Å². The van der Waals surface area contributed by atoms with Gasteiger partial charge in [0.25, 0.3) is 0 Å². The van der Waals surface area contributed by atoms with Crippen LogP contribution in [-0.4, -0.2) is 30.4 Å². The highest BCUT2D eigenvalue weighted by molar-refractivity contribution is 6.33. The lowest BCUT2D eigenvalue weighted by atomic mass is 9.99. The first kappa shape index (κ1) is 21.0. The average Bonchev–Trinajstić information content (AvgIpc) is 2.68. The first-order valence-corrected chi connectivity index (χ1v) is 10.7. The molecule has 1 aliphatic rings. The van der Waals surface area contributed by atoms with Crippen LogP contribution in [0.4, 0.5) is 5.69 Å². The summed E-state index contributed by atoms with van der Waals surface area (Å²) < 4.78 is 0. The highest BCUT2D eigenvalue weighted by Crippen LogP contribution is 2.36. The van der Waals surface area contributed by atoms with Gasteiger partial charge in [0.1, 0.15) is 0 Å². The van der Waals surface area contributed by atoms with E-state index in [0.717, 1.165) is 34.8 Å². The van der Waals surface area contributed by atoms with Gasteiger partial charge in [0.15, 0.2) is 0 Å². The molecule has 1 aliphatic heterocycles. The van der Waals surface area contributed by atoms with Crippen molar-refractivity contribution < 1.29 is 4.79 Å². The van der Waals surface area contributed by atoms with Gasteiger partial charge in [-0.15, -0.1) is 0 Å². The number of carbonyl (C=O) groups is 1. The number of hydrogen-bond donors (Lipinski definition) is 0. The SMILES string of the molecule is CCC(C)CC(=O)N1CCN(c2ccc(C)cc2Cl)[C@H](c2ccc(Cl)cc2)C1. The third kappa shape index (κ3) is 4.82. The summed E-state index contributed by atoms with van der Waals surface area (Å²) in [7, 11) is 0. The minimum atomic E-state index is 0.0482. The standard InChI is InChI=1S/C23H28Cl2N2O/c1-4-16(2)14-23(28)26-11-12-27(21-10-5-17(3)13-20(21)25)22(15-26)18-6-8-19(24)9-7-18/h5-10,13,16,22H,4,11-12,14-15H2,1-3H3/t16?,22-/m0/s1. The zero-order chi connectivity index (χ0) is 20.3. The summed E-state index contributed by atoms with van der Waals surface area (Å²) in [6, 6.07) is 14.1. The van der Waals surface area contributed by atoms with E-state index in [2.05, 4.69) is 30.9 Å². The van der Waals surface area contributed by atoms with Gasteiger partial charge in [0.05, 0.1) is 16.8 Å². The molecule has 1 saturated heterocycles. The number of rotatable bonds is 5. The van der Waals surface area contributed by atoms with Crippen molar-refractivity contribution in [2.45, 2.75) is 39.7 Å². The average molecular weight is 419 g/mol. The molecular weight excluding hydrogens is 391 g/mol. The Hall–Kier alpha value is -1.71. The number of piperazine rings is 1. The molecule has 0 bridgehead atoms. The van der Waals surface area contributed by atoms with Gasteiger partial charge in [-0.05, 0) is 48.2 Å². The minimum absolute atomic E-state index is 0.0482. The lowest BCUT2D eigenvalue weighted by Crippen LogP contribution is -2.51. The number of amides is 1. The second-order valence-corrected chi connectivity index (χ2v) is 8.62. The maximum atomic E-state index is 12.8. The Morgan fingerprint density at radius 1 is 1.14 bits per heavy atom. The van der Waals surface area contributed by atoms with Crippen molar-refractivity contribution in [1.82, 2.24) is 4.90 Å². The Morgan fingerprint density at radius 2 is 1.86 bits per heavy atom. The molecule has 2 aromatic carbocycles. The molecule has 1 unspecified atom stereocenters. The third-order valence-corrected chi connectivity index (χ3v) is 6.18. The Kier molecular flexibility index (Phi) is 6.90. The minimum Gasteiger partial charge on any atom is -0.360 e. The molecule has 2 atom stereocenters. The molecule has 0 aromatic heterocycles. The summed E-state index contributed by atoms with van der Waals surface area (Å²) in [6.45, 7) is 8.42. The highest BCUT2D eigenvalue weighted by Gasteiger charge is 2.32. The molecule has 0 aliphatic carbocycles. The van der Waals surface area contributed by atoms with Gasteiger partial charge in [-0.3, -0.25) is 4.79 Å². The highest BCUT2D eigenvalue weighted by atomic mass is 35.5. The predicted molar refractivity (Wildman–Crippen MR) is 118 cm³/mol. The number of hydrogen-bond acceptors (Lipinski definition) is 2. The van der Waals surface area contributed by atoms with Crippen molar-refractivity contribution >= 4 is 34.8 Å². The van der Waals surface area contributed by atoms with Crippen LogP contribution in [0, 0.1) is 12.8 Å². The largest absolute Gasteiger partial charge is 0.360 e. The molecule has 3 nitrogen and oxygen atoms in total. The summed E-state index contributed by atoms with van der Waals surface area (Å²) in [5.41, 5.74) is 3.29. The lowest BCUT2D eigenvalue weighted by Gasteiger charge is -2.43. The molecule has 3 rings (SSSR count). The molecule has 1 amide bonds. The summed E-state index contributed by atoms with van der Waals surface area (Å²) in [5.74, 6) is 0.647. The van der Waals surface area contributed by atoms with Crippen molar-refractivity contribution in [1.29, 1.82) is 0 Å². The van der Waals surface area contributed by atoms with Crippen molar-refractivity contribution in [2.24, 2.45) is 5.92 Å². The van der Waals surface area contributed by atoms with E-state index in [-0.39, 0.29) is 11.9 Å². The van der Waals surface area contributed by atoms with Gasteiger partial charge in [-0.25, -0.2) is 0 Å². The molecule has 0 spiro atoms. The van der Waals surface area contributed by atoms with Gasteiger partial charge in [0, 0.05) is 31.1 Å². The van der Waals surface area contributed by atoms with E-state index in [1.807, 2.05) is 42.2 Å². The second-order valence-electron chi connectivity index (χ2n) is 7.77. The number of halogens is 2. The third-order valence-electron chi connectivity index (χ3n) is 5.62. The number of nitrogens with zero attached hydrogens (tertiary/aromatic N) is 2. The van der Waals surface area contributed by atoms with E-state index in [1.54, 1.807) is 0 Å². The van der Waals surface area contributed by atoms with E-state index in [9.17, 15) is 4.79 Å². The first-order chi connectivity index (χ1) is 13.4. The zero-order valence-electron chi connectivity index (χ0n) is 16.8. The van der Waals surface area contributed by atoms with E-state index in [4.69, 9.17) is 23.2 Å². The van der Waals surface area contributed by atoms with E-state index < -0.39 is 0 Å². The van der Waals surface area contributed by atoms with Crippen LogP contribution < -0.4 is 4.90 Å². The summed E-state index contributed by atoms with van der Waals surface area (Å²) in [4.78, 5) is 17.1. The summed E-state index contributed by atoms with van der Waals surface area (Å²) >= 11 is 12.7. The summed E-state index contributed by atoms with van der Waals surface area (Å²) in [6.07, 6.45) is 1.63. The smallest absolute Gasteiger partial charge is 0.222 e. The van der Waals surface area contributed by atoms with Crippen LogP contribution in [0.5, 0.6) is 0 Å². The molecule has 2 aromatic rings. The van der Waals surface area contributed by atoms with Crippen LogP contribution in [0.2, 0.25) is 10.0 Å². The van der Waals surface area contributed by atoms with Crippen LogP contribution in [0.15, 0.2) is 42.5 Å². The number of carbonyl (C=O) groups excluding carboxylic acids is 1. The number of benzene rings is 2. The van der Waals surface area contributed by atoms with E-state index in [1.165, 1.54) is 0 Å². The fraction of sp³-hybridized carbons (Fsp3) is 0.435. The van der Waals surface area contributed by atoms with Crippen molar-refractivity contribution in [2.75, 3.05) is 24.5 Å². The Bertz CT molecular complexity index is 822. The van der Waals surface area contributed by atoms with Gasteiger partial charge in [-0.2, -0.15) is 0 Å². The molecule has 5 heteroatoms. The maximum absolute atomic E-state index is 12.8. The fourth-order valence-corrected chi connectivity index (χ4v) is 4.15. The normalized spacial score (nSPS) is 18.2. The first-order valence-electron chi connectivity index (χ1n) is 9.95. The van der Waals surface area contributed by atoms with Crippen LogP contribution in [0.1, 0.15) is 43.9 Å². The molecule has 0 saturated carbocycles. The fourth-order valence-electron chi connectivity index (χ4n) is 3.68. The van der Waals surface area contributed by atoms with Crippen LogP contribution in [0.3, 0.4) is 0 Å². The quantitative estimate of drug-likeness (QED) is 0.582. The second kappa shape index (κ2) is 9.19. The van der Waals surface area contributed by atoms with E-state index >= 15 is 0 Å². The van der Waals surface area contributed by atoms with Gasteiger partial charge < -0.3 is 9.80 Å². The Labute approximate surface area is 178 Å². The topological polar surface area (TPSA) is 23.6 Å².